The summed E-state index contributed by atoms with van der Waals surface area (Å²) in [6, 6.07) is 7.39. The van der Waals surface area contributed by atoms with Crippen molar-refractivity contribution in [1.82, 2.24) is 9.72 Å². The fourth-order valence-corrected chi connectivity index (χ4v) is 1.50. The number of carbonyl (C=O) groups excluding carboxylic acids is 1. The van der Waals surface area contributed by atoms with E-state index in [1.807, 2.05) is 19.1 Å². The normalized spacial score (nSPS) is 10.3. The molecule has 0 atom stereocenters. The summed E-state index contributed by atoms with van der Waals surface area (Å²) in [7, 11) is 0. The Hall–Kier alpha value is -2.37. The number of benzene rings is 1. The van der Waals surface area contributed by atoms with Gasteiger partial charge in [-0.05, 0) is 26.0 Å². The van der Waals surface area contributed by atoms with E-state index in [-0.39, 0.29) is 12.5 Å². The topological polar surface area (TPSA) is 77.1 Å². The smallest absolute Gasteiger partial charge is 0.325 e. The van der Waals surface area contributed by atoms with Gasteiger partial charge in [-0.1, -0.05) is 22.9 Å². The third-order valence-corrected chi connectivity index (χ3v) is 2.50. The summed E-state index contributed by atoms with van der Waals surface area (Å²) in [5.41, 5.74) is 1.80. The summed E-state index contributed by atoms with van der Waals surface area (Å²) in [5, 5.41) is 6.18. The minimum absolute atomic E-state index is 0.109. The molecule has 0 saturated heterocycles. The Morgan fingerprint density at radius 2 is 2.00 bits per heavy atom. The van der Waals surface area contributed by atoms with Gasteiger partial charge in [0.15, 0.2) is 5.82 Å². The van der Waals surface area contributed by atoms with E-state index >= 15 is 0 Å². The molecule has 0 aliphatic carbocycles. The lowest BCUT2D eigenvalue weighted by atomic mass is 10.2. The molecule has 0 aliphatic rings. The monoisotopic (exact) mass is 247 g/mol. The van der Waals surface area contributed by atoms with Crippen LogP contribution < -0.4 is 11.1 Å². The van der Waals surface area contributed by atoms with E-state index in [1.165, 1.54) is 4.57 Å². The minimum atomic E-state index is -0.633. The van der Waals surface area contributed by atoms with Gasteiger partial charge in [0.1, 0.15) is 6.54 Å². The second-order valence-electron chi connectivity index (χ2n) is 4.00. The number of amides is 1. The second kappa shape index (κ2) is 4.87. The third kappa shape index (κ3) is 2.65. The second-order valence-corrected chi connectivity index (χ2v) is 4.00. The van der Waals surface area contributed by atoms with Crippen LogP contribution in [0.1, 0.15) is 11.4 Å². The lowest BCUT2D eigenvalue weighted by Gasteiger charge is -2.05. The molecular weight excluding hydrogens is 234 g/mol. The van der Waals surface area contributed by atoms with E-state index in [1.54, 1.807) is 19.1 Å². The number of aromatic nitrogens is 2. The van der Waals surface area contributed by atoms with Crippen molar-refractivity contribution in [1.29, 1.82) is 0 Å². The molecule has 94 valence electrons. The number of hydrogen-bond donors (Lipinski definition) is 1. The molecule has 1 aromatic carbocycles. The van der Waals surface area contributed by atoms with Crippen LogP contribution in [0.2, 0.25) is 0 Å². The molecule has 0 saturated carbocycles. The summed E-state index contributed by atoms with van der Waals surface area (Å²) in [6.45, 7) is 3.46. The van der Waals surface area contributed by atoms with Crippen molar-refractivity contribution in [3.05, 3.63) is 46.2 Å². The Labute approximate surface area is 103 Å². The van der Waals surface area contributed by atoms with Gasteiger partial charge in [-0.3, -0.25) is 13.9 Å². The van der Waals surface area contributed by atoms with Crippen molar-refractivity contribution >= 4 is 11.6 Å². The number of aryl methyl sites for hydroxylation is 2. The van der Waals surface area contributed by atoms with Crippen molar-refractivity contribution in [2.45, 2.75) is 20.4 Å². The largest absolute Gasteiger partial charge is 0.442 e. The SMILES string of the molecule is Cc1ccc(NC(=O)Cn2c(C)noc2=O)cc1. The molecular formula is C12H13N3O3. The molecule has 6 heteroatoms. The van der Waals surface area contributed by atoms with E-state index in [0.29, 0.717) is 11.5 Å². The zero-order valence-corrected chi connectivity index (χ0v) is 10.1. The zero-order chi connectivity index (χ0) is 13.1. The molecule has 0 spiro atoms. The Morgan fingerprint density at radius 1 is 1.33 bits per heavy atom. The number of rotatable bonds is 3. The van der Waals surface area contributed by atoms with Gasteiger partial charge in [0, 0.05) is 5.69 Å². The van der Waals surface area contributed by atoms with Crippen LogP contribution in [-0.4, -0.2) is 15.6 Å². The predicted octanol–water partition coefficient (Wildman–Crippen LogP) is 1.09. The Kier molecular flexibility index (Phi) is 3.27. The number of anilines is 1. The Bertz CT molecular complexity index is 610. The molecule has 1 heterocycles. The average molecular weight is 247 g/mol. The van der Waals surface area contributed by atoms with Crippen LogP contribution in [0.15, 0.2) is 33.6 Å². The molecule has 6 nitrogen and oxygen atoms in total. The summed E-state index contributed by atoms with van der Waals surface area (Å²) in [5.74, 6) is -0.558. The van der Waals surface area contributed by atoms with Crippen LogP contribution in [-0.2, 0) is 11.3 Å². The molecule has 0 fully saturated rings. The van der Waals surface area contributed by atoms with Gasteiger partial charge in [0.25, 0.3) is 0 Å². The van der Waals surface area contributed by atoms with Crippen molar-refractivity contribution in [2.24, 2.45) is 0 Å². The van der Waals surface area contributed by atoms with Crippen LogP contribution in [0.5, 0.6) is 0 Å². The first kappa shape index (κ1) is 12.1. The van der Waals surface area contributed by atoms with Crippen molar-refractivity contribution in [2.75, 3.05) is 5.32 Å². The maximum atomic E-state index is 11.7. The molecule has 1 amide bonds. The van der Waals surface area contributed by atoms with E-state index in [2.05, 4.69) is 15.0 Å². The van der Waals surface area contributed by atoms with Crippen LogP contribution in [0.4, 0.5) is 5.69 Å². The van der Waals surface area contributed by atoms with E-state index in [9.17, 15) is 9.59 Å². The maximum absolute atomic E-state index is 11.7. The highest BCUT2D eigenvalue weighted by atomic mass is 16.5. The molecule has 2 rings (SSSR count). The van der Waals surface area contributed by atoms with Gasteiger partial charge in [-0.25, -0.2) is 4.79 Å². The van der Waals surface area contributed by atoms with Gasteiger partial charge in [0.05, 0.1) is 0 Å². The van der Waals surface area contributed by atoms with Crippen LogP contribution >= 0.6 is 0 Å². The van der Waals surface area contributed by atoms with Crippen molar-refractivity contribution in [3.63, 3.8) is 0 Å². The highest BCUT2D eigenvalue weighted by Gasteiger charge is 2.10. The number of hydrogen-bond acceptors (Lipinski definition) is 4. The van der Waals surface area contributed by atoms with Crippen LogP contribution in [0.3, 0.4) is 0 Å². The molecule has 2 aromatic rings. The summed E-state index contributed by atoms with van der Waals surface area (Å²) < 4.78 is 5.61. The van der Waals surface area contributed by atoms with Gasteiger partial charge in [0.2, 0.25) is 5.91 Å². The summed E-state index contributed by atoms with van der Waals surface area (Å²) in [4.78, 5) is 23.0. The number of nitrogens with one attached hydrogen (secondary N) is 1. The van der Waals surface area contributed by atoms with E-state index in [0.717, 1.165) is 5.56 Å². The Balaban J connectivity index is 2.05. The van der Waals surface area contributed by atoms with Gasteiger partial charge >= 0.3 is 5.76 Å². The lowest BCUT2D eigenvalue weighted by molar-refractivity contribution is -0.116. The van der Waals surface area contributed by atoms with E-state index < -0.39 is 5.76 Å². The standard InChI is InChI=1S/C12H13N3O3/c1-8-3-5-10(6-4-8)13-11(16)7-15-9(2)14-18-12(15)17/h3-6H,7H2,1-2H3,(H,13,16). The molecule has 1 aromatic heterocycles. The van der Waals surface area contributed by atoms with Crippen molar-refractivity contribution in [3.8, 4) is 0 Å². The molecule has 0 bridgehead atoms. The molecule has 0 aliphatic heterocycles. The first-order chi connectivity index (χ1) is 8.56. The highest BCUT2D eigenvalue weighted by Crippen LogP contribution is 2.08. The van der Waals surface area contributed by atoms with E-state index in [4.69, 9.17) is 0 Å². The fraction of sp³-hybridized carbons (Fsp3) is 0.250. The predicted molar refractivity (Wildman–Crippen MR) is 65.3 cm³/mol. The fourth-order valence-electron chi connectivity index (χ4n) is 1.50. The Morgan fingerprint density at radius 3 is 2.56 bits per heavy atom. The molecule has 18 heavy (non-hydrogen) atoms. The van der Waals surface area contributed by atoms with Gasteiger partial charge < -0.3 is 5.32 Å². The lowest BCUT2D eigenvalue weighted by Crippen LogP contribution is -2.25. The number of nitrogens with zero attached hydrogens (tertiary/aromatic N) is 2. The van der Waals surface area contributed by atoms with Crippen molar-refractivity contribution < 1.29 is 9.32 Å². The third-order valence-electron chi connectivity index (χ3n) is 2.50. The number of carbonyl (C=O) groups is 1. The van der Waals surface area contributed by atoms with Crippen LogP contribution in [0, 0.1) is 13.8 Å². The molecule has 0 unspecified atom stereocenters. The zero-order valence-electron chi connectivity index (χ0n) is 10.1. The molecule has 0 radical (unpaired) electrons. The van der Waals surface area contributed by atoms with Gasteiger partial charge in [-0.2, -0.15) is 0 Å². The average Bonchev–Trinajstić information content (AvgIpc) is 2.64. The maximum Gasteiger partial charge on any atom is 0.442 e. The van der Waals surface area contributed by atoms with Crippen LogP contribution in [0.25, 0.3) is 0 Å². The summed E-state index contributed by atoms with van der Waals surface area (Å²) in [6.07, 6.45) is 0. The first-order valence-electron chi connectivity index (χ1n) is 5.46. The van der Waals surface area contributed by atoms with Gasteiger partial charge in [-0.15, -0.1) is 0 Å². The summed E-state index contributed by atoms with van der Waals surface area (Å²) >= 11 is 0. The highest BCUT2D eigenvalue weighted by molar-refractivity contribution is 5.90. The minimum Gasteiger partial charge on any atom is -0.325 e. The molecule has 1 N–H and O–H groups in total. The first-order valence-corrected chi connectivity index (χ1v) is 5.46. The quantitative estimate of drug-likeness (QED) is 0.880.